The summed E-state index contributed by atoms with van der Waals surface area (Å²) in [7, 11) is 0. The number of nitrogens with zero attached hydrogens (tertiary/aromatic N) is 2. The second-order valence-electron chi connectivity index (χ2n) is 8.69. The Morgan fingerprint density at radius 1 is 1.24 bits per heavy atom. The molecular formula is C25H35N5O3. The van der Waals surface area contributed by atoms with E-state index in [0.717, 1.165) is 24.2 Å². The number of hydrogen-bond acceptors (Lipinski definition) is 6. The van der Waals surface area contributed by atoms with E-state index in [2.05, 4.69) is 32.7 Å². The molecule has 0 radical (unpaired) electrons. The van der Waals surface area contributed by atoms with Crippen LogP contribution in [-0.4, -0.2) is 58.6 Å². The summed E-state index contributed by atoms with van der Waals surface area (Å²) in [6, 6.07) is 12.8. The second-order valence-corrected chi connectivity index (χ2v) is 8.69. The minimum atomic E-state index is -0.670. The zero-order valence-corrected chi connectivity index (χ0v) is 19.5. The molecule has 1 aliphatic heterocycles. The lowest BCUT2D eigenvalue weighted by atomic mass is 9.84. The van der Waals surface area contributed by atoms with Gasteiger partial charge in [-0.1, -0.05) is 36.4 Å². The van der Waals surface area contributed by atoms with Crippen LogP contribution < -0.4 is 16.4 Å². The maximum Gasteiger partial charge on any atom is 0.242 e. The predicted octanol–water partition coefficient (Wildman–Crippen LogP) is 1.72. The average Bonchev–Trinajstić information content (AvgIpc) is 2.82. The number of nitrogens with two attached hydrogens (primary N) is 1. The first-order chi connectivity index (χ1) is 15.9. The van der Waals surface area contributed by atoms with Crippen molar-refractivity contribution in [3.8, 4) is 0 Å². The van der Waals surface area contributed by atoms with Crippen molar-refractivity contribution in [2.24, 2.45) is 0 Å². The molecule has 2 amide bonds. The number of carbonyl (C=O) groups excluding carboxylic acids is 2. The zero-order valence-electron chi connectivity index (χ0n) is 19.5. The van der Waals surface area contributed by atoms with Crippen LogP contribution in [0.2, 0.25) is 0 Å². The van der Waals surface area contributed by atoms with Gasteiger partial charge >= 0.3 is 0 Å². The van der Waals surface area contributed by atoms with Crippen molar-refractivity contribution < 1.29 is 14.7 Å². The van der Waals surface area contributed by atoms with Crippen molar-refractivity contribution >= 4 is 17.6 Å². The van der Waals surface area contributed by atoms with Gasteiger partial charge in [0.15, 0.2) is 0 Å². The van der Waals surface area contributed by atoms with Gasteiger partial charge < -0.3 is 21.5 Å². The number of aromatic nitrogens is 1. The topological polar surface area (TPSA) is 121 Å². The van der Waals surface area contributed by atoms with Crippen LogP contribution in [0.25, 0.3) is 0 Å². The molecule has 0 unspecified atom stereocenters. The molecule has 3 atom stereocenters. The molecule has 0 spiro atoms. The normalized spacial score (nSPS) is 19.6. The first-order valence-electron chi connectivity index (χ1n) is 11.6. The van der Waals surface area contributed by atoms with Crippen molar-refractivity contribution in [1.29, 1.82) is 0 Å². The third-order valence-corrected chi connectivity index (χ3v) is 6.31. The molecule has 3 rings (SSSR count). The number of carbonyl (C=O) groups is 2. The molecule has 1 saturated heterocycles. The molecule has 1 aromatic carbocycles. The van der Waals surface area contributed by atoms with E-state index in [0.29, 0.717) is 31.7 Å². The van der Waals surface area contributed by atoms with E-state index < -0.39 is 6.04 Å². The molecule has 0 bridgehead atoms. The van der Waals surface area contributed by atoms with Gasteiger partial charge in [-0.05, 0) is 62.8 Å². The number of piperidine rings is 1. The fourth-order valence-corrected chi connectivity index (χ4v) is 4.36. The van der Waals surface area contributed by atoms with Crippen LogP contribution >= 0.6 is 0 Å². The number of rotatable bonds is 9. The summed E-state index contributed by atoms with van der Waals surface area (Å²) in [5, 5.41) is 15.0. The number of aliphatic hydroxyl groups excluding tert-OH is 1. The Balaban J connectivity index is 1.60. The highest BCUT2D eigenvalue weighted by molar-refractivity contribution is 5.89. The van der Waals surface area contributed by atoms with Crippen LogP contribution in [0.5, 0.6) is 0 Å². The van der Waals surface area contributed by atoms with Crippen LogP contribution in [0, 0.1) is 6.92 Å². The van der Waals surface area contributed by atoms with Crippen molar-refractivity contribution in [2.75, 3.05) is 25.4 Å². The van der Waals surface area contributed by atoms with Gasteiger partial charge in [0.2, 0.25) is 11.8 Å². The molecule has 33 heavy (non-hydrogen) atoms. The first kappa shape index (κ1) is 24.7. The Morgan fingerprint density at radius 2 is 2.00 bits per heavy atom. The summed E-state index contributed by atoms with van der Waals surface area (Å²) in [6.07, 6.45) is 2.26. The van der Waals surface area contributed by atoms with Gasteiger partial charge in [-0.2, -0.15) is 0 Å². The van der Waals surface area contributed by atoms with E-state index >= 15 is 0 Å². The van der Waals surface area contributed by atoms with Gasteiger partial charge in [0.1, 0.15) is 11.9 Å². The summed E-state index contributed by atoms with van der Waals surface area (Å²) >= 11 is 0. The lowest BCUT2D eigenvalue weighted by Gasteiger charge is -2.39. The smallest absolute Gasteiger partial charge is 0.242 e. The fraction of sp³-hybridized carbons (Fsp3) is 0.480. The molecule has 8 nitrogen and oxygen atoms in total. The maximum atomic E-state index is 13.2. The van der Waals surface area contributed by atoms with Crippen LogP contribution in [0.15, 0.2) is 42.5 Å². The number of likely N-dealkylation sites (tertiary alicyclic amines) is 1. The number of amides is 2. The molecule has 2 heterocycles. The van der Waals surface area contributed by atoms with E-state index in [1.54, 1.807) is 13.0 Å². The summed E-state index contributed by atoms with van der Waals surface area (Å²) in [4.78, 5) is 32.2. The Labute approximate surface area is 195 Å². The molecule has 1 aliphatic rings. The van der Waals surface area contributed by atoms with Crippen molar-refractivity contribution in [3.63, 3.8) is 0 Å². The maximum absolute atomic E-state index is 13.2. The number of pyridine rings is 1. The van der Waals surface area contributed by atoms with E-state index in [9.17, 15) is 14.7 Å². The van der Waals surface area contributed by atoms with Gasteiger partial charge in [-0.15, -0.1) is 0 Å². The number of hydrogen-bond donors (Lipinski definition) is 4. The van der Waals surface area contributed by atoms with E-state index in [1.807, 2.05) is 31.2 Å². The fourth-order valence-electron chi connectivity index (χ4n) is 4.36. The highest BCUT2D eigenvalue weighted by Crippen LogP contribution is 2.31. The molecule has 0 saturated carbocycles. The third-order valence-electron chi connectivity index (χ3n) is 6.31. The highest BCUT2D eigenvalue weighted by atomic mass is 16.3. The van der Waals surface area contributed by atoms with Crippen LogP contribution in [-0.2, 0) is 16.1 Å². The Morgan fingerprint density at radius 3 is 2.70 bits per heavy atom. The number of nitrogen functional groups attached to an aromatic ring is 1. The largest absolute Gasteiger partial charge is 0.396 e. The van der Waals surface area contributed by atoms with Gasteiger partial charge in [-0.25, -0.2) is 4.98 Å². The summed E-state index contributed by atoms with van der Waals surface area (Å²) in [5.74, 6) is 0.325. The summed E-state index contributed by atoms with van der Waals surface area (Å²) < 4.78 is 0. The molecule has 1 aromatic heterocycles. The monoisotopic (exact) mass is 453 g/mol. The SMILES string of the molecule is Cc1nc(N)ccc1CNC(=O)[C@H](C)NC(=O)[C@H]1C[C@@H](c2ccccc2)CCN1CCCO. The number of aliphatic hydroxyl groups is 1. The lowest BCUT2D eigenvalue weighted by Crippen LogP contribution is -2.55. The minimum absolute atomic E-state index is 0.0885. The quantitative estimate of drug-likeness (QED) is 0.459. The molecular weight excluding hydrogens is 418 g/mol. The van der Waals surface area contributed by atoms with Crippen LogP contribution in [0.3, 0.4) is 0 Å². The second kappa shape index (κ2) is 11.8. The molecule has 0 aliphatic carbocycles. The lowest BCUT2D eigenvalue weighted by molar-refractivity contribution is -0.132. The zero-order chi connectivity index (χ0) is 23.8. The van der Waals surface area contributed by atoms with Crippen LogP contribution in [0.1, 0.15) is 48.9 Å². The number of aryl methyl sites for hydroxylation is 1. The minimum Gasteiger partial charge on any atom is -0.396 e. The van der Waals surface area contributed by atoms with Crippen LogP contribution in [0.4, 0.5) is 5.82 Å². The van der Waals surface area contributed by atoms with Gasteiger partial charge in [-0.3, -0.25) is 14.5 Å². The summed E-state index contributed by atoms with van der Waals surface area (Å²) in [5.41, 5.74) is 8.56. The predicted molar refractivity (Wildman–Crippen MR) is 128 cm³/mol. The number of benzene rings is 1. The van der Waals surface area contributed by atoms with E-state index in [-0.39, 0.29) is 30.4 Å². The highest BCUT2D eigenvalue weighted by Gasteiger charge is 2.34. The molecule has 2 aromatic rings. The third kappa shape index (κ3) is 6.76. The average molecular weight is 454 g/mol. The summed E-state index contributed by atoms with van der Waals surface area (Å²) in [6.45, 7) is 5.38. The number of nitrogens with one attached hydrogen (secondary N) is 2. The molecule has 8 heteroatoms. The van der Waals surface area contributed by atoms with Crippen molar-refractivity contribution in [3.05, 3.63) is 59.3 Å². The first-order valence-corrected chi connectivity index (χ1v) is 11.6. The van der Waals surface area contributed by atoms with Gasteiger partial charge in [0, 0.05) is 25.4 Å². The standard InChI is InChI=1S/C25H35N5O3/c1-17-21(9-10-23(26)28-17)16-27-24(32)18(2)29-25(33)22-15-20(19-7-4-3-5-8-19)11-13-30(22)12-6-14-31/h3-5,7-10,18,20,22,31H,6,11-16H2,1-2H3,(H2,26,28)(H,27,32)(H,29,33)/t18-,20-,22+/m0/s1. The van der Waals surface area contributed by atoms with Gasteiger partial charge in [0.25, 0.3) is 0 Å². The van der Waals surface area contributed by atoms with E-state index in [1.165, 1.54) is 5.56 Å². The Kier molecular flexibility index (Phi) is 8.79. The van der Waals surface area contributed by atoms with Crippen molar-refractivity contribution in [1.82, 2.24) is 20.5 Å². The molecule has 178 valence electrons. The van der Waals surface area contributed by atoms with Gasteiger partial charge in [0.05, 0.1) is 6.04 Å². The molecule has 5 N–H and O–H groups in total. The Hall–Kier alpha value is -2.97. The molecule has 1 fully saturated rings. The van der Waals surface area contributed by atoms with Crippen molar-refractivity contribution in [2.45, 2.75) is 57.7 Å². The van der Waals surface area contributed by atoms with E-state index in [4.69, 9.17) is 5.73 Å². The Bertz CT molecular complexity index is 937. The number of anilines is 1.